The first kappa shape index (κ1) is 19.1. The number of methoxy groups -OCH3 is 1. The maximum absolute atomic E-state index is 13.0. The van der Waals surface area contributed by atoms with Gasteiger partial charge < -0.3 is 14.2 Å². The van der Waals surface area contributed by atoms with Crippen molar-refractivity contribution in [2.75, 3.05) is 13.7 Å². The third kappa shape index (κ3) is 4.45. The molecule has 150 valence electrons. The molecule has 7 nitrogen and oxygen atoms in total. The molecule has 1 saturated heterocycles. The number of ether oxygens (including phenoxy) is 1. The molecule has 29 heavy (non-hydrogen) atoms. The van der Waals surface area contributed by atoms with Crippen LogP contribution >= 0.6 is 0 Å². The number of likely N-dealkylation sites (tertiary alicyclic amines) is 1. The van der Waals surface area contributed by atoms with Crippen LogP contribution in [0.3, 0.4) is 0 Å². The molecule has 0 bridgehead atoms. The molecule has 4 rings (SSSR count). The first-order chi connectivity index (χ1) is 14.2. The normalized spacial score (nSPS) is 16.2. The fourth-order valence-electron chi connectivity index (χ4n) is 3.85. The fraction of sp³-hybridized carbons (Fsp3) is 0.364. The van der Waals surface area contributed by atoms with Crippen LogP contribution in [-0.4, -0.2) is 44.2 Å². The number of aryl methyl sites for hydroxylation is 1. The third-order valence-corrected chi connectivity index (χ3v) is 5.41. The van der Waals surface area contributed by atoms with E-state index in [0.717, 1.165) is 48.5 Å². The molecule has 2 aromatic heterocycles. The number of pyridine rings is 1. The van der Waals surface area contributed by atoms with E-state index < -0.39 is 0 Å². The number of rotatable bonds is 7. The Kier molecular flexibility index (Phi) is 5.84. The highest BCUT2D eigenvalue weighted by Gasteiger charge is 2.33. The van der Waals surface area contributed by atoms with Gasteiger partial charge in [0.1, 0.15) is 12.1 Å². The number of amides is 1. The van der Waals surface area contributed by atoms with E-state index in [2.05, 4.69) is 15.2 Å². The van der Waals surface area contributed by atoms with Gasteiger partial charge in [0.2, 0.25) is 5.91 Å². The van der Waals surface area contributed by atoms with Crippen molar-refractivity contribution in [1.82, 2.24) is 24.6 Å². The zero-order valence-corrected chi connectivity index (χ0v) is 16.6. The molecule has 0 radical (unpaired) electrons. The number of aromatic nitrogens is 4. The lowest BCUT2D eigenvalue weighted by molar-refractivity contribution is -0.132. The average Bonchev–Trinajstić information content (AvgIpc) is 3.42. The van der Waals surface area contributed by atoms with E-state index in [1.165, 1.54) is 0 Å². The summed E-state index contributed by atoms with van der Waals surface area (Å²) in [6, 6.07) is 11.8. The highest BCUT2D eigenvalue weighted by Crippen LogP contribution is 2.31. The topological polar surface area (TPSA) is 73.1 Å². The average molecular weight is 391 g/mol. The van der Waals surface area contributed by atoms with Crippen LogP contribution < -0.4 is 4.74 Å². The second-order valence-electron chi connectivity index (χ2n) is 7.27. The van der Waals surface area contributed by atoms with Gasteiger partial charge in [-0.05, 0) is 54.7 Å². The molecule has 0 saturated carbocycles. The number of hydrogen-bond donors (Lipinski definition) is 0. The molecule has 1 aliphatic rings. The molecule has 3 heterocycles. The molecular weight excluding hydrogens is 366 g/mol. The minimum absolute atomic E-state index is 0.0114. The van der Waals surface area contributed by atoms with Crippen molar-refractivity contribution in [3.8, 4) is 5.75 Å². The molecule has 1 atom stereocenters. The highest BCUT2D eigenvalue weighted by molar-refractivity contribution is 5.77. The van der Waals surface area contributed by atoms with Gasteiger partial charge in [0.25, 0.3) is 0 Å². The number of hydrogen-bond acceptors (Lipinski definition) is 5. The Labute approximate surface area is 170 Å². The lowest BCUT2D eigenvalue weighted by atomic mass is 10.1. The zero-order valence-electron chi connectivity index (χ0n) is 16.6. The van der Waals surface area contributed by atoms with Gasteiger partial charge in [0.05, 0.1) is 19.7 Å². The van der Waals surface area contributed by atoms with E-state index in [1.807, 2.05) is 45.9 Å². The first-order valence-electron chi connectivity index (χ1n) is 9.93. The van der Waals surface area contributed by atoms with Gasteiger partial charge in [-0.15, -0.1) is 10.2 Å². The van der Waals surface area contributed by atoms with Crippen LogP contribution in [0, 0.1) is 0 Å². The van der Waals surface area contributed by atoms with Gasteiger partial charge in [0, 0.05) is 25.4 Å². The second-order valence-corrected chi connectivity index (χ2v) is 7.27. The lowest BCUT2D eigenvalue weighted by Crippen LogP contribution is -2.32. The van der Waals surface area contributed by atoms with Crippen LogP contribution in [-0.2, 0) is 17.8 Å². The Hall–Kier alpha value is -3.22. The van der Waals surface area contributed by atoms with Gasteiger partial charge in [-0.1, -0.05) is 12.1 Å². The van der Waals surface area contributed by atoms with Crippen molar-refractivity contribution < 1.29 is 9.53 Å². The quantitative estimate of drug-likeness (QED) is 0.619. The van der Waals surface area contributed by atoms with Crippen molar-refractivity contribution >= 4 is 5.91 Å². The van der Waals surface area contributed by atoms with Gasteiger partial charge >= 0.3 is 0 Å². The molecule has 1 fully saturated rings. The summed E-state index contributed by atoms with van der Waals surface area (Å²) in [6.07, 6.45) is 8.42. The van der Waals surface area contributed by atoms with Crippen LogP contribution in [0.25, 0.3) is 0 Å². The number of benzene rings is 1. The summed E-state index contributed by atoms with van der Waals surface area (Å²) in [5, 5.41) is 8.47. The van der Waals surface area contributed by atoms with Crippen LogP contribution in [0.2, 0.25) is 0 Å². The Morgan fingerprint density at radius 2 is 1.93 bits per heavy atom. The third-order valence-electron chi connectivity index (χ3n) is 5.41. The minimum Gasteiger partial charge on any atom is -0.497 e. The van der Waals surface area contributed by atoms with Crippen LogP contribution in [0.5, 0.6) is 5.75 Å². The zero-order chi connectivity index (χ0) is 20.1. The highest BCUT2D eigenvalue weighted by atomic mass is 16.5. The maximum Gasteiger partial charge on any atom is 0.223 e. The Bertz CT molecular complexity index is 939. The fourth-order valence-corrected chi connectivity index (χ4v) is 3.85. The predicted octanol–water partition coefficient (Wildman–Crippen LogP) is 3.03. The molecule has 1 amide bonds. The monoisotopic (exact) mass is 391 g/mol. The van der Waals surface area contributed by atoms with E-state index in [9.17, 15) is 4.79 Å². The SMILES string of the molecule is COc1ccc(CCC(=O)N2CCCC2c2nncn2Cc2ccncc2)cc1. The standard InChI is InChI=1S/C22H25N5O2/c1-29-19-7-4-17(5-8-19)6-9-21(28)27-14-2-3-20(27)22-25-24-16-26(22)15-18-10-12-23-13-11-18/h4-5,7-8,10-13,16,20H,2-3,6,9,14-15H2,1H3. The minimum atomic E-state index is -0.0114. The summed E-state index contributed by atoms with van der Waals surface area (Å²) in [7, 11) is 1.65. The van der Waals surface area contributed by atoms with E-state index in [4.69, 9.17) is 4.74 Å². The molecule has 7 heteroatoms. The molecule has 1 aliphatic heterocycles. The molecule has 1 aromatic carbocycles. The van der Waals surface area contributed by atoms with Crippen LogP contribution in [0.15, 0.2) is 55.1 Å². The Morgan fingerprint density at radius 3 is 2.69 bits per heavy atom. The van der Waals surface area contributed by atoms with Crippen molar-refractivity contribution in [3.05, 3.63) is 72.1 Å². The lowest BCUT2D eigenvalue weighted by Gasteiger charge is -2.24. The number of nitrogens with zero attached hydrogens (tertiary/aromatic N) is 5. The van der Waals surface area contributed by atoms with Crippen molar-refractivity contribution in [2.24, 2.45) is 0 Å². The van der Waals surface area contributed by atoms with Crippen molar-refractivity contribution in [1.29, 1.82) is 0 Å². The number of carbonyl (C=O) groups excluding carboxylic acids is 1. The van der Waals surface area contributed by atoms with E-state index in [1.54, 1.807) is 25.8 Å². The summed E-state index contributed by atoms with van der Waals surface area (Å²) in [5.74, 6) is 1.85. The van der Waals surface area contributed by atoms with Crippen LogP contribution in [0.1, 0.15) is 42.3 Å². The van der Waals surface area contributed by atoms with Gasteiger partial charge in [0.15, 0.2) is 5.82 Å². The first-order valence-corrected chi connectivity index (χ1v) is 9.93. The summed E-state index contributed by atoms with van der Waals surface area (Å²) in [5.41, 5.74) is 2.27. The van der Waals surface area contributed by atoms with Gasteiger partial charge in [-0.25, -0.2) is 0 Å². The van der Waals surface area contributed by atoms with E-state index in [-0.39, 0.29) is 11.9 Å². The summed E-state index contributed by atoms with van der Waals surface area (Å²) in [6.45, 7) is 1.45. The molecule has 3 aromatic rings. The predicted molar refractivity (Wildman–Crippen MR) is 108 cm³/mol. The smallest absolute Gasteiger partial charge is 0.223 e. The molecular formula is C22H25N5O2. The van der Waals surface area contributed by atoms with Crippen LogP contribution in [0.4, 0.5) is 0 Å². The van der Waals surface area contributed by atoms with E-state index >= 15 is 0 Å². The summed E-state index contributed by atoms with van der Waals surface area (Å²) >= 11 is 0. The Morgan fingerprint density at radius 1 is 1.14 bits per heavy atom. The molecule has 0 N–H and O–H groups in total. The Balaban J connectivity index is 1.42. The van der Waals surface area contributed by atoms with E-state index in [0.29, 0.717) is 13.0 Å². The largest absolute Gasteiger partial charge is 0.497 e. The number of carbonyl (C=O) groups is 1. The second kappa shape index (κ2) is 8.86. The molecule has 1 unspecified atom stereocenters. The maximum atomic E-state index is 13.0. The van der Waals surface area contributed by atoms with Gasteiger partial charge in [-0.2, -0.15) is 0 Å². The molecule has 0 spiro atoms. The summed E-state index contributed by atoms with van der Waals surface area (Å²) < 4.78 is 7.23. The summed E-state index contributed by atoms with van der Waals surface area (Å²) in [4.78, 5) is 19.0. The van der Waals surface area contributed by atoms with Crippen molar-refractivity contribution in [3.63, 3.8) is 0 Å². The van der Waals surface area contributed by atoms with Gasteiger partial charge in [-0.3, -0.25) is 9.78 Å². The van der Waals surface area contributed by atoms with Crippen molar-refractivity contribution in [2.45, 2.75) is 38.3 Å². The molecule has 0 aliphatic carbocycles.